The fourth-order valence-corrected chi connectivity index (χ4v) is 10.8. The van der Waals surface area contributed by atoms with Crippen LogP contribution in [-0.4, -0.2) is 39.9 Å². The first-order chi connectivity index (χ1) is 32.3. The molecular weight excluding hydrogens is 804 g/mol. The summed E-state index contributed by atoms with van der Waals surface area (Å²) in [5.74, 6) is 2.74. The van der Waals surface area contributed by atoms with Gasteiger partial charge in [-0.3, -0.25) is 0 Å². The molecule has 13 rings (SSSR count). The van der Waals surface area contributed by atoms with Crippen molar-refractivity contribution in [1.29, 1.82) is 0 Å². The quantitative estimate of drug-likeness (QED) is 0.0800. The van der Waals surface area contributed by atoms with E-state index >= 15 is 0 Å². The molecule has 0 saturated carbocycles. The van der Waals surface area contributed by atoms with Crippen molar-refractivity contribution in [2.45, 2.75) is 12.8 Å². The van der Waals surface area contributed by atoms with Gasteiger partial charge in [0, 0.05) is 42.0 Å². The number of fused-ring (bicyclic) bond motifs is 10. The third-order valence-corrected chi connectivity index (χ3v) is 13.5. The van der Waals surface area contributed by atoms with Crippen LogP contribution < -0.4 is 56.6 Å². The molecule has 0 atom stereocenters. The highest BCUT2D eigenvalue weighted by atomic mass is 16.6. The van der Waals surface area contributed by atoms with E-state index in [4.69, 9.17) is 27.8 Å². The van der Waals surface area contributed by atoms with Crippen LogP contribution in [0.3, 0.4) is 0 Å². The smallest absolute Gasteiger partial charge is 0.284 e. The lowest BCUT2D eigenvalue weighted by atomic mass is 9.32. The molecule has 0 spiro atoms. The van der Waals surface area contributed by atoms with Crippen molar-refractivity contribution in [3.05, 3.63) is 176 Å². The standard InChI is InChI=1S/C56H41B2NO6/c1-3-12-44-42(10-1)52-40(36-18-22-38(23-19-36)60-32-8-34-64-50-16-6-30-62-50)26-28-48-54(52)57(44)46-14-5-15-47-56(46)59(48)49-29-27-41(53-43-11-2-4-13-45(43)58(47)55(49)53)37-20-24-39(25-21-37)61-33-9-35-65-51-17-7-31-63-51/h1-7,10-31H,8-9,32-35H2. The van der Waals surface area contributed by atoms with Gasteiger partial charge in [0.05, 0.1) is 39.0 Å². The van der Waals surface area contributed by atoms with Gasteiger partial charge in [0.2, 0.25) is 13.4 Å². The highest BCUT2D eigenvalue weighted by molar-refractivity contribution is 7.05. The second kappa shape index (κ2) is 15.5. The monoisotopic (exact) mass is 845 g/mol. The summed E-state index contributed by atoms with van der Waals surface area (Å²) in [6.45, 7) is 2.41. The molecule has 312 valence electrons. The van der Waals surface area contributed by atoms with Crippen LogP contribution in [0.1, 0.15) is 12.8 Å². The van der Waals surface area contributed by atoms with Gasteiger partial charge in [-0.05, 0) is 115 Å². The summed E-state index contributed by atoms with van der Waals surface area (Å²) in [6.07, 6.45) is 4.74. The van der Waals surface area contributed by atoms with E-state index in [2.05, 4.69) is 144 Å². The van der Waals surface area contributed by atoms with Gasteiger partial charge >= 0.3 is 0 Å². The summed E-state index contributed by atoms with van der Waals surface area (Å²) in [6, 6.07) is 59.0. The zero-order chi connectivity index (χ0) is 42.8. The fourth-order valence-electron chi connectivity index (χ4n) is 10.8. The molecular formula is C56H41B2NO6. The average molecular weight is 846 g/mol. The topological polar surface area (TPSA) is 66.4 Å². The van der Waals surface area contributed by atoms with Crippen LogP contribution in [-0.2, 0) is 0 Å². The Morgan fingerprint density at radius 1 is 0.385 bits per heavy atom. The molecule has 0 aliphatic carbocycles. The van der Waals surface area contributed by atoms with Crippen molar-refractivity contribution in [2.75, 3.05) is 31.3 Å². The molecule has 7 aromatic carbocycles. The summed E-state index contributed by atoms with van der Waals surface area (Å²) in [7, 11) is 0. The molecule has 4 aliphatic rings. The van der Waals surface area contributed by atoms with Gasteiger partial charge < -0.3 is 32.7 Å². The average Bonchev–Trinajstić information content (AvgIpc) is 4.19. The Kier molecular flexibility index (Phi) is 9.00. The second-order valence-electron chi connectivity index (χ2n) is 17.0. The summed E-state index contributed by atoms with van der Waals surface area (Å²) >= 11 is 0. The number of benzene rings is 7. The van der Waals surface area contributed by atoms with E-state index in [1.165, 1.54) is 94.3 Å². The van der Waals surface area contributed by atoms with Crippen molar-refractivity contribution in [3.8, 4) is 67.9 Å². The lowest BCUT2D eigenvalue weighted by Gasteiger charge is -2.43. The number of rotatable bonds is 14. The number of hydrogen-bond donors (Lipinski definition) is 0. The Morgan fingerprint density at radius 3 is 1.29 bits per heavy atom. The van der Waals surface area contributed by atoms with Crippen molar-refractivity contribution in [3.63, 3.8) is 0 Å². The van der Waals surface area contributed by atoms with E-state index in [1.807, 2.05) is 24.3 Å². The molecule has 0 saturated heterocycles. The van der Waals surface area contributed by atoms with Gasteiger partial charge in [0.25, 0.3) is 11.9 Å². The van der Waals surface area contributed by atoms with Crippen molar-refractivity contribution < 1.29 is 27.8 Å². The first-order valence-electron chi connectivity index (χ1n) is 22.5. The molecule has 65 heavy (non-hydrogen) atoms. The van der Waals surface area contributed by atoms with Crippen molar-refractivity contribution >= 4 is 63.3 Å². The van der Waals surface area contributed by atoms with Crippen LogP contribution in [0.25, 0.3) is 44.5 Å². The minimum Gasteiger partial charge on any atom is -0.493 e. The number of furan rings is 2. The Balaban J connectivity index is 0.862. The third-order valence-electron chi connectivity index (χ3n) is 13.5. The minimum absolute atomic E-state index is 0.120. The van der Waals surface area contributed by atoms with Gasteiger partial charge in [0.15, 0.2) is 0 Å². The summed E-state index contributed by atoms with van der Waals surface area (Å²) < 4.78 is 34.1. The number of para-hydroxylation sites is 1. The number of nitrogens with zero attached hydrogens (tertiary/aromatic N) is 1. The Bertz CT molecular complexity index is 3020. The maximum atomic E-state index is 6.14. The molecule has 2 aromatic heterocycles. The van der Waals surface area contributed by atoms with E-state index < -0.39 is 0 Å². The first-order valence-corrected chi connectivity index (χ1v) is 22.5. The SMILES string of the molecule is c1coc(OCCCOc2ccc(-c3ccc4c5c3-c3ccccc3B5c3cccc5c3N4c3ccc(-c4ccc(OCCCOc6ccco6)cc4)c4c3B5c3ccccc3-4)cc2)c1. The summed E-state index contributed by atoms with van der Waals surface area (Å²) in [4.78, 5) is 2.60. The second-order valence-corrected chi connectivity index (χ2v) is 17.0. The highest BCUT2D eigenvalue weighted by Gasteiger charge is 2.50. The summed E-state index contributed by atoms with van der Waals surface area (Å²) in [5, 5.41) is 0. The molecule has 0 amide bonds. The third kappa shape index (κ3) is 6.13. The van der Waals surface area contributed by atoms with E-state index in [-0.39, 0.29) is 13.4 Å². The van der Waals surface area contributed by atoms with E-state index in [9.17, 15) is 0 Å². The molecule has 9 heteroatoms. The molecule has 6 heterocycles. The van der Waals surface area contributed by atoms with E-state index in [0.717, 1.165) is 24.3 Å². The molecule has 7 nitrogen and oxygen atoms in total. The van der Waals surface area contributed by atoms with Crippen LogP contribution in [0.2, 0.25) is 0 Å². The number of anilines is 3. The lowest BCUT2D eigenvalue weighted by molar-refractivity contribution is 0.210. The fraction of sp³-hybridized carbons (Fsp3) is 0.107. The molecule has 0 bridgehead atoms. The molecule has 0 fully saturated rings. The molecule has 4 aliphatic heterocycles. The van der Waals surface area contributed by atoms with Crippen LogP contribution in [0, 0.1) is 0 Å². The van der Waals surface area contributed by atoms with Gasteiger partial charge in [-0.1, -0.05) is 114 Å². The van der Waals surface area contributed by atoms with Crippen LogP contribution in [0.15, 0.2) is 185 Å². The minimum atomic E-state index is 0.120. The predicted molar refractivity (Wildman–Crippen MR) is 261 cm³/mol. The van der Waals surface area contributed by atoms with Gasteiger partial charge in [-0.2, -0.15) is 0 Å². The maximum Gasteiger partial charge on any atom is 0.284 e. The number of ether oxygens (including phenoxy) is 4. The first kappa shape index (κ1) is 37.8. The van der Waals surface area contributed by atoms with Gasteiger partial charge in [-0.15, -0.1) is 0 Å². The van der Waals surface area contributed by atoms with Crippen LogP contribution in [0.5, 0.6) is 23.4 Å². The molecule has 9 aromatic rings. The molecule has 0 unspecified atom stereocenters. The normalized spacial score (nSPS) is 12.9. The summed E-state index contributed by atoms with van der Waals surface area (Å²) in [5.41, 5.74) is 22.1. The Hall–Kier alpha value is -7.77. The van der Waals surface area contributed by atoms with Gasteiger partial charge in [0.1, 0.15) is 11.5 Å². The molecule has 0 radical (unpaired) electrons. The van der Waals surface area contributed by atoms with Crippen LogP contribution in [0.4, 0.5) is 17.1 Å². The Morgan fingerprint density at radius 2 is 0.831 bits per heavy atom. The predicted octanol–water partition coefficient (Wildman–Crippen LogP) is 8.99. The number of hydrogen-bond acceptors (Lipinski definition) is 7. The van der Waals surface area contributed by atoms with Crippen molar-refractivity contribution in [1.82, 2.24) is 0 Å². The largest absolute Gasteiger partial charge is 0.493 e. The van der Waals surface area contributed by atoms with E-state index in [0.29, 0.717) is 38.3 Å². The Labute approximate surface area is 378 Å². The van der Waals surface area contributed by atoms with Gasteiger partial charge in [-0.25, -0.2) is 0 Å². The van der Waals surface area contributed by atoms with Crippen molar-refractivity contribution in [2.24, 2.45) is 0 Å². The van der Waals surface area contributed by atoms with E-state index in [1.54, 1.807) is 12.5 Å². The zero-order valence-corrected chi connectivity index (χ0v) is 35.5. The molecule has 0 N–H and O–H groups in total. The lowest BCUT2D eigenvalue weighted by Crippen LogP contribution is -2.62. The highest BCUT2D eigenvalue weighted by Crippen LogP contribution is 2.48. The zero-order valence-electron chi connectivity index (χ0n) is 35.5. The van der Waals surface area contributed by atoms with Crippen LogP contribution >= 0.6 is 0 Å². The maximum absolute atomic E-state index is 6.14.